The van der Waals surface area contributed by atoms with Crippen molar-refractivity contribution in [2.45, 2.75) is 13.3 Å². The first-order valence-electron chi connectivity index (χ1n) is 4.29. The van der Waals surface area contributed by atoms with Gasteiger partial charge in [0.1, 0.15) is 12.1 Å². The summed E-state index contributed by atoms with van der Waals surface area (Å²) in [4.78, 5) is 14.5. The molecule has 0 atom stereocenters. The minimum absolute atomic E-state index is 0.289. The Balaban J connectivity index is 2.70. The molecule has 0 aromatic carbocycles. The van der Waals surface area contributed by atoms with E-state index in [0.717, 1.165) is 17.4 Å². The van der Waals surface area contributed by atoms with Gasteiger partial charge in [-0.2, -0.15) is 0 Å². The molecule has 0 unspecified atom stereocenters. The maximum absolute atomic E-state index is 10.4. The van der Waals surface area contributed by atoms with E-state index >= 15 is 0 Å². The van der Waals surface area contributed by atoms with E-state index in [0.29, 0.717) is 11.0 Å². The van der Waals surface area contributed by atoms with Crippen molar-refractivity contribution in [2.75, 3.05) is 0 Å². The van der Waals surface area contributed by atoms with Crippen LogP contribution in [0.5, 0.6) is 0 Å². The van der Waals surface area contributed by atoms with Gasteiger partial charge in [0, 0.05) is 6.20 Å². The van der Waals surface area contributed by atoms with Crippen molar-refractivity contribution in [1.29, 1.82) is 0 Å². The number of aromatic nitrogens is 2. The molecule has 0 saturated carbocycles. The first-order chi connectivity index (χ1) is 6.72. The Morgan fingerprint density at radius 1 is 1.64 bits per heavy atom. The van der Waals surface area contributed by atoms with Crippen molar-refractivity contribution in [3.05, 3.63) is 34.9 Å². The zero-order valence-corrected chi connectivity index (χ0v) is 8.45. The molecule has 0 amide bonds. The summed E-state index contributed by atoms with van der Waals surface area (Å²) in [6.45, 7) is 1.99. The number of imidazole rings is 1. The second-order valence-electron chi connectivity index (χ2n) is 3.15. The van der Waals surface area contributed by atoms with E-state index in [-0.39, 0.29) is 6.42 Å². The van der Waals surface area contributed by atoms with E-state index in [4.69, 9.17) is 11.6 Å². The molecule has 2 aromatic heterocycles. The van der Waals surface area contributed by atoms with Gasteiger partial charge in [-0.05, 0) is 24.6 Å². The van der Waals surface area contributed by atoms with E-state index in [9.17, 15) is 4.79 Å². The van der Waals surface area contributed by atoms with Gasteiger partial charge in [0.25, 0.3) is 0 Å². The lowest BCUT2D eigenvalue weighted by atomic mass is 10.3. The van der Waals surface area contributed by atoms with Gasteiger partial charge < -0.3 is 9.20 Å². The molecule has 0 fully saturated rings. The Morgan fingerprint density at radius 3 is 3.14 bits per heavy atom. The van der Waals surface area contributed by atoms with Crippen LogP contribution in [-0.2, 0) is 11.2 Å². The molecule has 4 heteroatoms. The molecular weight excluding hydrogens is 200 g/mol. The molecule has 0 bridgehead atoms. The first kappa shape index (κ1) is 9.21. The quantitative estimate of drug-likeness (QED) is 0.708. The molecule has 0 saturated heterocycles. The van der Waals surface area contributed by atoms with Crippen LogP contribution in [0.2, 0.25) is 5.15 Å². The molecule has 0 aliphatic carbocycles. The Labute approximate surface area is 86.3 Å². The monoisotopic (exact) mass is 208 g/mol. The summed E-state index contributed by atoms with van der Waals surface area (Å²) < 4.78 is 1.84. The topological polar surface area (TPSA) is 34.4 Å². The van der Waals surface area contributed by atoms with Gasteiger partial charge in [0.05, 0.1) is 11.9 Å². The summed E-state index contributed by atoms with van der Waals surface area (Å²) in [6, 6.07) is 3.91. The van der Waals surface area contributed by atoms with E-state index < -0.39 is 0 Å². The van der Waals surface area contributed by atoms with Crippen LogP contribution in [0.25, 0.3) is 5.52 Å². The van der Waals surface area contributed by atoms with Crippen LogP contribution in [-0.4, -0.2) is 15.7 Å². The number of pyridine rings is 1. The van der Waals surface area contributed by atoms with Crippen LogP contribution in [0, 0.1) is 6.92 Å². The summed E-state index contributed by atoms with van der Waals surface area (Å²) in [5.74, 6) is 0.681. The fourth-order valence-electron chi connectivity index (χ4n) is 1.43. The number of fused-ring (bicyclic) bond motifs is 1. The third-order valence-electron chi connectivity index (χ3n) is 2.09. The molecule has 2 rings (SSSR count). The van der Waals surface area contributed by atoms with Crippen LogP contribution in [0.3, 0.4) is 0 Å². The number of halogens is 1. The van der Waals surface area contributed by atoms with Gasteiger partial charge in [-0.25, -0.2) is 4.98 Å². The number of carbonyl (C=O) groups is 1. The Kier molecular flexibility index (Phi) is 2.25. The molecule has 0 N–H and O–H groups in total. The Hall–Kier alpha value is -1.35. The van der Waals surface area contributed by atoms with Crippen LogP contribution in [0.4, 0.5) is 0 Å². The minimum atomic E-state index is 0.289. The highest BCUT2D eigenvalue weighted by Crippen LogP contribution is 2.19. The van der Waals surface area contributed by atoms with Gasteiger partial charge in [0.2, 0.25) is 0 Å². The van der Waals surface area contributed by atoms with Gasteiger partial charge >= 0.3 is 0 Å². The average molecular weight is 209 g/mol. The van der Waals surface area contributed by atoms with E-state index in [1.165, 1.54) is 0 Å². The SMILES string of the molecule is Cc1ccn2c(CC=O)nc(Cl)c2c1. The summed E-state index contributed by atoms with van der Waals surface area (Å²) in [5, 5.41) is 0.450. The molecule has 0 aliphatic rings. The number of aldehydes is 1. The number of rotatable bonds is 2. The maximum atomic E-state index is 10.4. The van der Waals surface area contributed by atoms with Crippen molar-refractivity contribution in [1.82, 2.24) is 9.38 Å². The highest BCUT2D eigenvalue weighted by atomic mass is 35.5. The average Bonchev–Trinajstić information content (AvgIpc) is 2.44. The molecule has 3 nitrogen and oxygen atoms in total. The van der Waals surface area contributed by atoms with Gasteiger partial charge in [-0.15, -0.1) is 0 Å². The summed E-state index contributed by atoms with van der Waals surface area (Å²) >= 11 is 5.94. The number of nitrogens with zero attached hydrogens (tertiary/aromatic N) is 2. The highest BCUT2D eigenvalue weighted by Gasteiger charge is 2.08. The van der Waals surface area contributed by atoms with Gasteiger partial charge in [-0.1, -0.05) is 11.6 Å². The molecule has 0 spiro atoms. The third-order valence-corrected chi connectivity index (χ3v) is 2.37. The zero-order chi connectivity index (χ0) is 10.1. The zero-order valence-electron chi connectivity index (χ0n) is 7.70. The van der Waals surface area contributed by atoms with Crippen molar-refractivity contribution >= 4 is 23.4 Å². The number of hydrogen-bond donors (Lipinski definition) is 0. The largest absolute Gasteiger partial charge is 0.303 e. The van der Waals surface area contributed by atoms with Crippen LogP contribution < -0.4 is 0 Å². The van der Waals surface area contributed by atoms with Gasteiger partial charge in [0.15, 0.2) is 5.15 Å². The van der Waals surface area contributed by atoms with Crippen LogP contribution >= 0.6 is 11.6 Å². The predicted molar refractivity (Wildman–Crippen MR) is 54.7 cm³/mol. The fourth-order valence-corrected chi connectivity index (χ4v) is 1.68. The number of aryl methyl sites for hydroxylation is 1. The lowest BCUT2D eigenvalue weighted by molar-refractivity contribution is -0.107. The van der Waals surface area contributed by atoms with Crippen molar-refractivity contribution in [3.8, 4) is 0 Å². The highest BCUT2D eigenvalue weighted by molar-refractivity contribution is 6.32. The lowest BCUT2D eigenvalue weighted by Crippen LogP contribution is -1.95. The summed E-state index contributed by atoms with van der Waals surface area (Å²) in [6.07, 6.45) is 2.99. The van der Waals surface area contributed by atoms with E-state index in [1.54, 1.807) is 0 Å². The van der Waals surface area contributed by atoms with Gasteiger partial charge in [-0.3, -0.25) is 0 Å². The fraction of sp³-hybridized carbons (Fsp3) is 0.200. The third kappa shape index (κ3) is 1.40. The molecule has 0 radical (unpaired) electrons. The Bertz CT molecular complexity index is 490. The second-order valence-corrected chi connectivity index (χ2v) is 3.51. The summed E-state index contributed by atoms with van der Waals surface area (Å²) in [7, 11) is 0. The molecule has 2 aromatic rings. The van der Waals surface area contributed by atoms with E-state index in [2.05, 4.69) is 4.98 Å². The van der Waals surface area contributed by atoms with Crippen LogP contribution in [0.15, 0.2) is 18.3 Å². The molecule has 72 valence electrons. The lowest BCUT2D eigenvalue weighted by Gasteiger charge is -1.98. The van der Waals surface area contributed by atoms with Crippen LogP contribution in [0.1, 0.15) is 11.4 Å². The smallest absolute Gasteiger partial charge is 0.155 e. The normalized spacial score (nSPS) is 10.7. The van der Waals surface area contributed by atoms with Crippen molar-refractivity contribution in [3.63, 3.8) is 0 Å². The number of carbonyl (C=O) groups excluding carboxylic acids is 1. The molecule has 14 heavy (non-hydrogen) atoms. The van der Waals surface area contributed by atoms with Crippen molar-refractivity contribution in [2.24, 2.45) is 0 Å². The standard InChI is InChI=1S/C10H9ClN2O/c1-7-2-4-13-8(6-7)10(11)12-9(13)3-5-14/h2,4-6H,3H2,1H3. The minimum Gasteiger partial charge on any atom is -0.303 e. The first-order valence-corrected chi connectivity index (χ1v) is 4.67. The molecule has 0 aliphatic heterocycles. The summed E-state index contributed by atoms with van der Waals surface area (Å²) in [5.41, 5.74) is 1.97. The Morgan fingerprint density at radius 2 is 2.43 bits per heavy atom. The number of hydrogen-bond acceptors (Lipinski definition) is 2. The van der Waals surface area contributed by atoms with E-state index in [1.807, 2.05) is 29.7 Å². The molecule has 2 heterocycles. The van der Waals surface area contributed by atoms with Crippen molar-refractivity contribution < 1.29 is 4.79 Å². The predicted octanol–water partition coefficient (Wildman–Crippen LogP) is 2.04. The second kappa shape index (κ2) is 3.42. The molecular formula is C10H9ClN2O. The maximum Gasteiger partial charge on any atom is 0.155 e.